The average molecular weight is 331 g/mol. The highest BCUT2D eigenvalue weighted by molar-refractivity contribution is 5.85. The summed E-state index contributed by atoms with van der Waals surface area (Å²) in [5, 5.41) is 12.2. The summed E-state index contributed by atoms with van der Waals surface area (Å²) < 4.78 is 0. The predicted octanol–water partition coefficient (Wildman–Crippen LogP) is 4.30. The highest BCUT2D eigenvalue weighted by Crippen LogP contribution is 2.20. The molecule has 0 radical (unpaired) electrons. The molecule has 0 saturated heterocycles. The summed E-state index contributed by atoms with van der Waals surface area (Å²) in [6, 6.07) is 5.89. The Hall–Kier alpha value is -2.30. The largest absolute Gasteiger partial charge is 0.477 e. The van der Waals surface area contributed by atoms with Gasteiger partial charge in [0.1, 0.15) is 11.5 Å². The molecule has 2 aromatic rings. The van der Waals surface area contributed by atoms with E-state index in [9.17, 15) is 4.79 Å². The SMILES string of the molecule is CC.CC.O=C(O)c1cc(CCc2ccc3c(n2)NCCC3)c[nH]1. The monoisotopic (exact) mass is 331 g/mol. The van der Waals surface area contributed by atoms with Crippen LogP contribution in [0.25, 0.3) is 0 Å². The summed E-state index contributed by atoms with van der Waals surface area (Å²) in [5.74, 6) is 0.0846. The molecule has 3 rings (SSSR count). The van der Waals surface area contributed by atoms with E-state index in [0.717, 1.165) is 49.3 Å². The molecule has 2 aromatic heterocycles. The lowest BCUT2D eigenvalue weighted by Crippen LogP contribution is -2.14. The van der Waals surface area contributed by atoms with Crippen LogP contribution in [0.5, 0.6) is 0 Å². The van der Waals surface area contributed by atoms with Crippen molar-refractivity contribution in [3.63, 3.8) is 0 Å². The topological polar surface area (TPSA) is 78.0 Å². The Bertz CT molecular complexity index is 635. The smallest absolute Gasteiger partial charge is 0.352 e. The van der Waals surface area contributed by atoms with Crippen LogP contribution >= 0.6 is 0 Å². The van der Waals surface area contributed by atoms with Crippen LogP contribution in [0.3, 0.4) is 0 Å². The summed E-state index contributed by atoms with van der Waals surface area (Å²) >= 11 is 0. The van der Waals surface area contributed by atoms with Crippen molar-refractivity contribution in [1.29, 1.82) is 0 Å². The highest BCUT2D eigenvalue weighted by atomic mass is 16.4. The van der Waals surface area contributed by atoms with E-state index < -0.39 is 5.97 Å². The van der Waals surface area contributed by atoms with Gasteiger partial charge < -0.3 is 15.4 Å². The number of aromatic nitrogens is 2. The van der Waals surface area contributed by atoms with E-state index in [2.05, 4.69) is 27.4 Å². The van der Waals surface area contributed by atoms with Gasteiger partial charge in [0.2, 0.25) is 0 Å². The van der Waals surface area contributed by atoms with Crippen molar-refractivity contribution in [3.05, 3.63) is 46.9 Å². The van der Waals surface area contributed by atoms with Crippen LogP contribution in [0.1, 0.15) is 61.4 Å². The van der Waals surface area contributed by atoms with Gasteiger partial charge in [0.15, 0.2) is 0 Å². The first kappa shape index (κ1) is 19.7. The van der Waals surface area contributed by atoms with Gasteiger partial charge in [-0.25, -0.2) is 9.78 Å². The van der Waals surface area contributed by atoms with Gasteiger partial charge in [0.25, 0.3) is 0 Å². The minimum atomic E-state index is -0.924. The Morgan fingerprint density at radius 3 is 2.62 bits per heavy atom. The number of aromatic amines is 1. The molecule has 5 nitrogen and oxygen atoms in total. The molecule has 1 aliphatic heterocycles. The van der Waals surface area contributed by atoms with Gasteiger partial charge in [-0.1, -0.05) is 33.8 Å². The maximum Gasteiger partial charge on any atom is 0.352 e. The summed E-state index contributed by atoms with van der Waals surface area (Å²) in [6.45, 7) is 8.99. The van der Waals surface area contributed by atoms with Crippen molar-refractivity contribution in [1.82, 2.24) is 9.97 Å². The van der Waals surface area contributed by atoms with Crippen LogP contribution in [-0.4, -0.2) is 27.6 Å². The Labute approximate surface area is 144 Å². The zero-order chi connectivity index (χ0) is 17.9. The van der Waals surface area contributed by atoms with Crippen LogP contribution in [0, 0.1) is 0 Å². The van der Waals surface area contributed by atoms with Crippen molar-refractivity contribution in [2.24, 2.45) is 0 Å². The zero-order valence-corrected chi connectivity index (χ0v) is 15.1. The lowest BCUT2D eigenvalue weighted by atomic mass is 10.1. The van der Waals surface area contributed by atoms with Gasteiger partial charge in [-0.3, -0.25) is 0 Å². The number of aromatic carboxylic acids is 1. The molecule has 1 aliphatic rings. The van der Waals surface area contributed by atoms with E-state index in [4.69, 9.17) is 5.11 Å². The molecule has 0 unspecified atom stereocenters. The fourth-order valence-electron chi connectivity index (χ4n) is 2.49. The number of nitrogens with one attached hydrogen (secondary N) is 2. The third kappa shape index (κ3) is 5.41. The van der Waals surface area contributed by atoms with Gasteiger partial charge in [0.05, 0.1) is 0 Å². The van der Waals surface area contributed by atoms with E-state index in [1.807, 2.05) is 27.7 Å². The molecule has 0 spiro atoms. The second kappa shape index (κ2) is 10.5. The van der Waals surface area contributed by atoms with E-state index in [1.165, 1.54) is 5.56 Å². The Morgan fingerprint density at radius 2 is 1.96 bits per heavy atom. The van der Waals surface area contributed by atoms with E-state index in [0.29, 0.717) is 0 Å². The van der Waals surface area contributed by atoms with Crippen molar-refractivity contribution in [2.45, 2.75) is 53.4 Å². The number of rotatable bonds is 4. The number of H-pyrrole nitrogens is 1. The molecule has 5 heteroatoms. The molecule has 0 aromatic carbocycles. The molecule has 3 heterocycles. The molecule has 132 valence electrons. The highest BCUT2D eigenvalue weighted by Gasteiger charge is 2.11. The quantitative estimate of drug-likeness (QED) is 0.780. The Kier molecular flexibility index (Phi) is 8.61. The second-order valence-electron chi connectivity index (χ2n) is 5.07. The van der Waals surface area contributed by atoms with Crippen molar-refractivity contribution >= 4 is 11.8 Å². The Balaban J connectivity index is 0.000000671. The minimum Gasteiger partial charge on any atom is -0.477 e. The van der Waals surface area contributed by atoms with Crippen LogP contribution in [0.4, 0.5) is 5.82 Å². The molecular weight excluding hydrogens is 302 g/mol. The third-order valence-corrected chi connectivity index (χ3v) is 3.59. The van der Waals surface area contributed by atoms with Crippen LogP contribution < -0.4 is 5.32 Å². The van der Waals surface area contributed by atoms with Crippen molar-refractivity contribution in [3.8, 4) is 0 Å². The van der Waals surface area contributed by atoms with Crippen LogP contribution in [0.15, 0.2) is 24.4 Å². The lowest BCUT2D eigenvalue weighted by Gasteiger charge is -2.17. The average Bonchev–Trinajstić information content (AvgIpc) is 3.13. The van der Waals surface area contributed by atoms with Gasteiger partial charge in [-0.2, -0.15) is 0 Å². The number of pyridine rings is 1. The summed E-state index contributed by atoms with van der Waals surface area (Å²) in [5.41, 5.74) is 3.56. The van der Waals surface area contributed by atoms with E-state index in [1.54, 1.807) is 12.3 Å². The molecule has 24 heavy (non-hydrogen) atoms. The third-order valence-electron chi connectivity index (χ3n) is 3.59. The number of anilines is 1. The van der Waals surface area contributed by atoms with Gasteiger partial charge >= 0.3 is 5.97 Å². The maximum absolute atomic E-state index is 10.8. The second-order valence-corrected chi connectivity index (χ2v) is 5.07. The number of carboxylic acid groups (broad SMARTS) is 1. The first-order valence-electron chi connectivity index (χ1n) is 8.85. The van der Waals surface area contributed by atoms with Gasteiger partial charge in [0, 0.05) is 18.4 Å². The number of nitrogens with zero attached hydrogens (tertiary/aromatic N) is 1. The molecule has 0 atom stereocenters. The Morgan fingerprint density at radius 1 is 1.21 bits per heavy atom. The standard InChI is InChI=1S/C15H17N3O2.2C2H6/c19-15(20)13-8-10(9-17-13)3-5-12-6-4-11-2-1-7-16-14(11)18-12;2*1-2/h4,6,8-9,17H,1-3,5,7H2,(H,16,18)(H,19,20);2*1-2H3. The number of hydrogen-bond acceptors (Lipinski definition) is 3. The molecule has 0 fully saturated rings. The number of fused-ring (bicyclic) bond motifs is 1. The summed E-state index contributed by atoms with van der Waals surface area (Å²) in [7, 11) is 0. The van der Waals surface area contributed by atoms with Crippen LogP contribution in [0.2, 0.25) is 0 Å². The minimum absolute atomic E-state index is 0.236. The molecule has 0 amide bonds. The first-order valence-corrected chi connectivity index (χ1v) is 8.85. The predicted molar refractivity (Wildman–Crippen MR) is 98.9 cm³/mol. The fraction of sp³-hybridized carbons (Fsp3) is 0.474. The number of aryl methyl sites for hydroxylation is 3. The summed E-state index contributed by atoms with van der Waals surface area (Å²) in [4.78, 5) is 18.2. The van der Waals surface area contributed by atoms with Crippen molar-refractivity contribution in [2.75, 3.05) is 11.9 Å². The molecule has 0 aliphatic carbocycles. The lowest BCUT2D eigenvalue weighted by molar-refractivity contribution is 0.0691. The molecule has 0 saturated carbocycles. The van der Waals surface area contributed by atoms with Gasteiger partial charge in [-0.05, 0) is 48.9 Å². The molecular formula is C19H29N3O2. The fourth-order valence-corrected chi connectivity index (χ4v) is 2.49. The molecule has 0 bridgehead atoms. The van der Waals surface area contributed by atoms with Crippen LogP contribution in [-0.2, 0) is 19.3 Å². The number of carbonyl (C=O) groups is 1. The number of hydrogen-bond donors (Lipinski definition) is 3. The van der Waals surface area contributed by atoms with Crippen molar-refractivity contribution < 1.29 is 9.90 Å². The first-order chi connectivity index (χ1) is 11.7. The number of carboxylic acids is 1. The molecule has 3 N–H and O–H groups in total. The summed E-state index contributed by atoms with van der Waals surface area (Å²) in [6.07, 6.45) is 5.60. The van der Waals surface area contributed by atoms with E-state index >= 15 is 0 Å². The maximum atomic E-state index is 10.8. The van der Waals surface area contributed by atoms with Gasteiger partial charge in [-0.15, -0.1) is 0 Å². The zero-order valence-electron chi connectivity index (χ0n) is 15.1. The normalized spacial score (nSPS) is 11.8. The van der Waals surface area contributed by atoms with E-state index in [-0.39, 0.29) is 5.69 Å².